The van der Waals surface area contributed by atoms with Gasteiger partial charge in [-0.3, -0.25) is 14.2 Å². The van der Waals surface area contributed by atoms with Crippen molar-refractivity contribution < 1.29 is 9.18 Å². The van der Waals surface area contributed by atoms with Crippen LogP contribution in [0.5, 0.6) is 0 Å². The quantitative estimate of drug-likeness (QED) is 0.409. The van der Waals surface area contributed by atoms with Gasteiger partial charge in [0.1, 0.15) is 17.1 Å². The van der Waals surface area contributed by atoms with E-state index in [1.54, 1.807) is 0 Å². The van der Waals surface area contributed by atoms with E-state index in [-0.39, 0.29) is 12.2 Å². The molecule has 0 spiro atoms. The standard InChI is InChI=1S/C26H20FN3O3S/c1-15-11-16(2)13-18(12-15)28-22(31)14-29-23-20-5-3-4-6-21(20)34-24(23)25(32)30(26(29)33)19-9-7-17(27)8-10-19/h3-13H,14H2,1-2H3,(H,28,31). The van der Waals surface area contributed by atoms with E-state index in [0.29, 0.717) is 15.9 Å². The van der Waals surface area contributed by atoms with E-state index in [2.05, 4.69) is 5.32 Å². The zero-order valence-corrected chi connectivity index (χ0v) is 19.3. The molecular weight excluding hydrogens is 453 g/mol. The molecule has 1 amide bonds. The first-order valence-electron chi connectivity index (χ1n) is 10.6. The molecule has 0 saturated carbocycles. The second kappa shape index (κ2) is 8.39. The Bertz CT molecular complexity index is 1680. The molecule has 2 heterocycles. The number of hydrogen-bond acceptors (Lipinski definition) is 4. The Labute approximate surface area is 197 Å². The first kappa shape index (κ1) is 21.8. The molecule has 5 rings (SSSR count). The van der Waals surface area contributed by atoms with Gasteiger partial charge in [0.25, 0.3) is 5.56 Å². The van der Waals surface area contributed by atoms with Crippen molar-refractivity contribution >= 4 is 43.2 Å². The van der Waals surface area contributed by atoms with Crippen molar-refractivity contribution in [1.82, 2.24) is 9.13 Å². The fourth-order valence-corrected chi connectivity index (χ4v) is 5.34. The fraction of sp³-hybridized carbons (Fsp3) is 0.115. The van der Waals surface area contributed by atoms with E-state index < -0.39 is 23.0 Å². The van der Waals surface area contributed by atoms with E-state index in [9.17, 15) is 18.8 Å². The number of fused-ring (bicyclic) bond motifs is 3. The van der Waals surface area contributed by atoms with E-state index >= 15 is 0 Å². The third kappa shape index (κ3) is 3.82. The number of anilines is 1. The lowest BCUT2D eigenvalue weighted by Crippen LogP contribution is -2.40. The van der Waals surface area contributed by atoms with Crippen LogP contribution < -0.4 is 16.6 Å². The third-order valence-corrected chi connectivity index (χ3v) is 6.70. The van der Waals surface area contributed by atoms with Gasteiger partial charge in [-0.2, -0.15) is 0 Å². The number of halogens is 1. The Balaban J connectivity index is 1.70. The van der Waals surface area contributed by atoms with Crippen molar-refractivity contribution in [2.24, 2.45) is 0 Å². The highest BCUT2D eigenvalue weighted by atomic mass is 32.1. The lowest BCUT2D eigenvalue weighted by atomic mass is 10.1. The minimum atomic E-state index is -0.664. The molecule has 0 aliphatic heterocycles. The van der Waals surface area contributed by atoms with E-state index in [4.69, 9.17) is 0 Å². The molecule has 6 nitrogen and oxygen atoms in total. The Kier molecular flexibility index (Phi) is 5.37. The number of carbonyl (C=O) groups is 1. The van der Waals surface area contributed by atoms with Crippen molar-refractivity contribution in [3.63, 3.8) is 0 Å². The molecule has 3 aromatic carbocycles. The van der Waals surface area contributed by atoms with Gasteiger partial charge in [0.2, 0.25) is 5.91 Å². The zero-order chi connectivity index (χ0) is 24.0. The SMILES string of the molecule is Cc1cc(C)cc(NC(=O)Cn2c(=O)n(-c3ccc(F)cc3)c(=O)c3sc4ccccc4c32)c1. The van der Waals surface area contributed by atoms with Crippen LogP contribution in [0.25, 0.3) is 26.0 Å². The van der Waals surface area contributed by atoms with Gasteiger partial charge < -0.3 is 5.32 Å². The van der Waals surface area contributed by atoms with Crippen LogP contribution >= 0.6 is 11.3 Å². The largest absolute Gasteiger partial charge is 0.336 e. The number of benzene rings is 3. The maximum Gasteiger partial charge on any atom is 0.336 e. The van der Waals surface area contributed by atoms with Crippen LogP contribution in [0.2, 0.25) is 0 Å². The number of amides is 1. The zero-order valence-electron chi connectivity index (χ0n) is 18.5. The van der Waals surface area contributed by atoms with Crippen LogP contribution in [0.4, 0.5) is 10.1 Å². The van der Waals surface area contributed by atoms with Crippen LogP contribution in [0.1, 0.15) is 11.1 Å². The van der Waals surface area contributed by atoms with Gasteiger partial charge in [0.05, 0.1) is 11.2 Å². The maximum atomic E-state index is 13.6. The molecule has 8 heteroatoms. The number of thiophene rings is 1. The molecule has 0 unspecified atom stereocenters. The number of nitrogens with one attached hydrogen (secondary N) is 1. The average Bonchev–Trinajstić information content (AvgIpc) is 3.17. The Morgan fingerprint density at radius 3 is 2.35 bits per heavy atom. The van der Waals surface area contributed by atoms with Gasteiger partial charge in [-0.05, 0) is 67.4 Å². The molecule has 34 heavy (non-hydrogen) atoms. The number of aromatic nitrogens is 2. The molecular formula is C26H20FN3O3S. The molecule has 0 fully saturated rings. The third-order valence-electron chi connectivity index (χ3n) is 5.55. The summed E-state index contributed by atoms with van der Waals surface area (Å²) in [5.74, 6) is -0.874. The van der Waals surface area contributed by atoms with Crippen molar-refractivity contribution in [3.05, 3.63) is 105 Å². The molecule has 0 aliphatic carbocycles. The minimum absolute atomic E-state index is 0.235. The van der Waals surface area contributed by atoms with Crippen molar-refractivity contribution in [2.75, 3.05) is 5.32 Å². The van der Waals surface area contributed by atoms with Crippen molar-refractivity contribution in [3.8, 4) is 5.69 Å². The van der Waals surface area contributed by atoms with Gasteiger partial charge in [0, 0.05) is 15.8 Å². The number of nitrogens with zero attached hydrogens (tertiary/aromatic N) is 2. The number of aryl methyl sites for hydroxylation is 2. The molecule has 5 aromatic rings. The van der Waals surface area contributed by atoms with Crippen LogP contribution in [-0.2, 0) is 11.3 Å². The second-order valence-corrected chi connectivity index (χ2v) is 9.24. The fourth-order valence-electron chi connectivity index (χ4n) is 4.21. The summed E-state index contributed by atoms with van der Waals surface area (Å²) < 4.78 is 17.0. The Morgan fingerprint density at radius 2 is 1.65 bits per heavy atom. The van der Waals surface area contributed by atoms with Gasteiger partial charge in [-0.25, -0.2) is 13.8 Å². The minimum Gasteiger partial charge on any atom is -0.325 e. The lowest BCUT2D eigenvalue weighted by Gasteiger charge is -2.13. The Hall–Kier alpha value is -4.04. The van der Waals surface area contributed by atoms with Crippen LogP contribution in [0.15, 0.2) is 76.3 Å². The highest BCUT2D eigenvalue weighted by molar-refractivity contribution is 7.25. The number of hydrogen-bond donors (Lipinski definition) is 1. The number of rotatable bonds is 4. The van der Waals surface area contributed by atoms with Crippen LogP contribution in [0, 0.1) is 19.7 Å². The van der Waals surface area contributed by atoms with Crippen LogP contribution in [0.3, 0.4) is 0 Å². The second-order valence-electron chi connectivity index (χ2n) is 8.19. The summed E-state index contributed by atoms with van der Waals surface area (Å²) in [5, 5.41) is 3.58. The molecule has 0 bridgehead atoms. The normalized spacial score (nSPS) is 11.3. The highest BCUT2D eigenvalue weighted by Crippen LogP contribution is 2.31. The lowest BCUT2D eigenvalue weighted by molar-refractivity contribution is -0.116. The summed E-state index contributed by atoms with van der Waals surface area (Å²) in [6.07, 6.45) is 0. The maximum absolute atomic E-state index is 13.6. The summed E-state index contributed by atoms with van der Waals surface area (Å²) in [7, 11) is 0. The topological polar surface area (TPSA) is 73.1 Å². The molecule has 0 radical (unpaired) electrons. The molecule has 0 atom stereocenters. The van der Waals surface area contributed by atoms with Gasteiger partial charge in [0.15, 0.2) is 0 Å². The predicted molar refractivity (Wildman–Crippen MR) is 134 cm³/mol. The summed E-state index contributed by atoms with van der Waals surface area (Å²) in [5.41, 5.74) is 2.13. The first-order chi connectivity index (χ1) is 16.3. The van der Waals surface area contributed by atoms with E-state index in [1.165, 1.54) is 40.2 Å². The summed E-state index contributed by atoms with van der Waals surface area (Å²) in [6.45, 7) is 3.59. The van der Waals surface area contributed by atoms with Crippen molar-refractivity contribution in [2.45, 2.75) is 20.4 Å². The molecule has 170 valence electrons. The van der Waals surface area contributed by atoms with Gasteiger partial charge in [-0.1, -0.05) is 24.3 Å². The van der Waals surface area contributed by atoms with Crippen LogP contribution in [-0.4, -0.2) is 15.0 Å². The van der Waals surface area contributed by atoms with Gasteiger partial charge >= 0.3 is 5.69 Å². The predicted octanol–water partition coefficient (Wildman–Crippen LogP) is 4.76. The van der Waals surface area contributed by atoms with Crippen molar-refractivity contribution in [1.29, 1.82) is 0 Å². The van der Waals surface area contributed by atoms with E-state index in [1.807, 2.05) is 56.3 Å². The molecule has 0 aliphatic rings. The summed E-state index contributed by atoms with van der Waals surface area (Å²) in [6, 6.07) is 18.2. The smallest absolute Gasteiger partial charge is 0.325 e. The van der Waals surface area contributed by atoms with E-state index in [0.717, 1.165) is 25.8 Å². The first-order valence-corrected chi connectivity index (χ1v) is 11.4. The number of carbonyl (C=O) groups excluding carboxylic acids is 1. The summed E-state index contributed by atoms with van der Waals surface area (Å²) >= 11 is 1.26. The molecule has 1 N–H and O–H groups in total. The Morgan fingerprint density at radius 1 is 0.971 bits per heavy atom. The molecule has 2 aromatic heterocycles. The van der Waals surface area contributed by atoms with Gasteiger partial charge in [-0.15, -0.1) is 11.3 Å². The highest BCUT2D eigenvalue weighted by Gasteiger charge is 2.21. The molecule has 0 saturated heterocycles. The summed E-state index contributed by atoms with van der Waals surface area (Å²) in [4.78, 5) is 40.0. The average molecular weight is 474 g/mol. The monoisotopic (exact) mass is 473 g/mol.